The molecule has 0 aliphatic carbocycles. The average molecular weight is 201 g/mol. The predicted molar refractivity (Wildman–Crippen MR) is 57.1 cm³/mol. The van der Waals surface area contributed by atoms with Gasteiger partial charge in [-0.1, -0.05) is 12.1 Å². The molecule has 0 saturated carbocycles. The summed E-state index contributed by atoms with van der Waals surface area (Å²) in [7, 11) is 0. The molecule has 4 heteroatoms. The van der Waals surface area contributed by atoms with Crippen molar-refractivity contribution in [3.05, 3.63) is 54.5 Å². The Labute approximate surface area is 87.6 Å². The Morgan fingerprint density at radius 1 is 1.13 bits per heavy atom. The van der Waals surface area contributed by atoms with Crippen molar-refractivity contribution < 1.29 is 5.11 Å². The van der Waals surface area contributed by atoms with E-state index in [1.165, 1.54) is 0 Å². The molecule has 0 aliphatic rings. The van der Waals surface area contributed by atoms with Crippen LogP contribution in [0.1, 0.15) is 11.8 Å². The lowest BCUT2D eigenvalue weighted by atomic mass is 10.2. The topological polar surface area (TPSA) is 58.0 Å². The second-order valence-corrected chi connectivity index (χ2v) is 3.05. The molecular weight excluding hydrogens is 190 g/mol. The minimum atomic E-state index is -0.784. The fourth-order valence-corrected chi connectivity index (χ4v) is 1.21. The van der Waals surface area contributed by atoms with Gasteiger partial charge in [0.25, 0.3) is 0 Å². The summed E-state index contributed by atoms with van der Waals surface area (Å²) in [6, 6.07) is 9.04. The molecule has 0 saturated heterocycles. The van der Waals surface area contributed by atoms with E-state index in [1.807, 2.05) is 12.1 Å². The van der Waals surface area contributed by atoms with Crippen LogP contribution >= 0.6 is 0 Å². The molecule has 2 aromatic rings. The van der Waals surface area contributed by atoms with Gasteiger partial charge >= 0.3 is 0 Å². The molecule has 2 N–H and O–H groups in total. The van der Waals surface area contributed by atoms with Crippen LogP contribution in [0.25, 0.3) is 0 Å². The van der Waals surface area contributed by atoms with Gasteiger partial charge in [0, 0.05) is 24.2 Å². The van der Waals surface area contributed by atoms with Crippen LogP contribution in [-0.2, 0) is 0 Å². The van der Waals surface area contributed by atoms with Gasteiger partial charge in [-0.2, -0.15) is 0 Å². The minimum absolute atomic E-state index is 0.633. The highest BCUT2D eigenvalue weighted by Gasteiger charge is 2.06. The molecule has 1 atom stereocenters. The van der Waals surface area contributed by atoms with Gasteiger partial charge in [-0.15, -0.1) is 0 Å². The highest BCUT2D eigenvalue weighted by atomic mass is 16.3. The Kier molecular flexibility index (Phi) is 2.90. The first-order chi connectivity index (χ1) is 7.36. The van der Waals surface area contributed by atoms with Crippen LogP contribution in [0, 0.1) is 0 Å². The highest BCUT2D eigenvalue weighted by molar-refractivity contribution is 5.35. The third-order valence-electron chi connectivity index (χ3n) is 1.95. The number of aromatic nitrogens is 2. The Morgan fingerprint density at radius 3 is 2.73 bits per heavy atom. The Hall–Kier alpha value is -1.94. The second-order valence-electron chi connectivity index (χ2n) is 3.05. The van der Waals surface area contributed by atoms with Crippen LogP contribution in [0.3, 0.4) is 0 Å². The molecule has 0 radical (unpaired) electrons. The molecule has 4 nitrogen and oxygen atoms in total. The quantitative estimate of drug-likeness (QED) is 0.740. The Bertz CT molecular complexity index is 405. The van der Waals surface area contributed by atoms with Crippen molar-refractivity contribution in [1.29, 1.82) is 0 Å². The lowest BCUT2D eigenvalue weighted by molar-refractivity contribution is 0.207. The molecule has 0 unspecified atom stereocenters. The molecule has 2 aromatic heterocycles. The number of aliphatic hydroxyl groups excluding tert-OH is 1. The molecule has 0 amide bonds. The van der Waals surface area contributed by atoms with Gasteiger partial charge in [-0.05, 0) is 18.2 Å². The number of nitrogens with one attached hydrogen (secondary N) is 1. The summed E-state index contributed by atoms with van der Waals surface area (Å²) in [4.78, 5) is 7.98. The molecule has 2 rings (SSSR count). The molecule has 0 spiro atoms. The van der Waals surface area contributed by atoms with E-state index in [4.69, 9.17) is 0 Å². The van der Waals surface area contributed by atoms with Crippen LogP contribution in [0.5, 0.6) is 0 Å². The number of rotatable bonds is 3. The molecule has 15 heavy (non-hydrogen) atoms. The number of nitrogens with zero attached hydrogens (tertiary/aromatic N) is 2. The van der Waals surface area contributed by atoms with Gasteiger partial charge in [-0.25, -0.2) is 4.98 Å². The first-order valence-corrected chi connectivity index (χ1v) is 4.62. The zero-order valence-corrected chi connectivity index (χ0v) is 8.04. The van der Waals surface area contributed by atoms with Crippen molar-refractivity contribution in [2.75, 3.05) is 5.32 Å². The molecule has 0 aromatic carbocycles. The van der Waals surface area contributed by atoms with Crippen LogP contribution < -0.4 is 5.32 Å². The first kappa shape index (κ1) is 9.61. The summed E-state index contributed by atoms with van der Waals surface area (Å²) >= 11 is 0. The summed E-state index contributed by atoms with van der Waals surface area (Å²) in [5.41, 5.74) is 0.711. The van der Waals surface area contributed by atoms with Gasteiger partial charge < -0.3 is 10.4 Å². The van der Waals surface area contributed by atoms with E-state index >= 15 is 0 Å². The monoisotopic (exact) mass is 201 g/mol. The third-order valence-corrected chi connectivity index (χ3v) is 1.95. The van der Waals surface area contributed by atoms with Crippen LogP contribution in [0.4, 0.5) is 5.82 Å². The van der Waals surface area contributed by atoms with Crippen LogP contribution in [-0.4, -0.2) is 15.1 Å². The van der Waals surface area contributed by atoms with Crippen molar-refractivity contribution in [2.24, 2.45) is 0 Å². The molecule has 2 heterocycles. The van der Waals surface area contributed by atoms with E-state index in [9.17, 15) is 5.11 Å². The van der Waals surface area contributed by atoms with Crippen molar-refractivity contribution in [3.63, 3.8) is 0 Å². The molecule has 0 bridgehead atoms. The lowest BCUT2D eigenvalue weighted by Crippen LogP contribution is -2.10. The van der Waals surface area contributed by atoms with E-state index in [1.54, 1.807) is 36.8 Å². The fourth-order valence-electron chi connectivity index (χ4n) is 1.21. The predicted octanol–water partition coefficient (Wildman–Crippen LogP) is 1.58. The normalized spacial score (nSPS) is 12.1. The van der Waals surface area contributed by atoms with Gasteiger partial charge in [0.05, 0.1) is 0 Å². The lowest BCUT2D eigenvalue weighted by Gasteiger charge is -2.12. The second kappa shape index (κ2) is 4.52. The largest absolute Gasteiger partial charge is 0.369 e. The van der Waals surface area contributed by atoms with Crippen molar-refractivity contribution in [3.8, 4) is 0 Å². The molecule has 0 aliphatic heterocycles. The molecule has 76 valence electrons. The SMILES string of the molecule is O[C@H](Nc1ccccn1)c1cccnc1. The summed E-state index contributed by atoms with van der Waals surface area (Å²) in [5.74, 6) is 0.633. The van der Waals surface area contributed by atoms with E-state index < -0.39 is 6.23 Å². The highest BCUT2D eigenvalue weighted by Crippen LogP contribution is 2.13. The third kappa shape index (κ3) is 2.51. The standard InChI is InChI=1S/C11H11N3O/c15-11(9-4-3-6-12-8-9)14-10-5-1-2-7-13-10/h1-8,11,15H,(H,13,14)/t11-/m0/s1. The van der Waals surface area contributed by atoms with Gasteiger partial charge in [0.2, 0.25) is 0 Å². The maximum absolute atomic E-state index is 9.78. The maximum Gasteiger partial charge on any atom is 0.153 e. The zero-order chi connectivity index (χ0) is 10.5. The van der Waals surface area contributed by atoms with E-state index in [0.717, 1.165) is 0 Å². The van der Waals surface area contributed by atoms with Crippen LogP contribution in [0.15, 0.2) is 48.9 Å². The fraction of sp³-hybridized carbons (Fsp3) is 0.0909. The van der Waals surface area contributed by atoms with Gasteiger partial charge in [-0.3, -0.25) is 4.98 Å². The van der Waals surface area contributed by atoms with E-state index in [2.05, 4.69) is 15.3 Å². The van der Waals surface area contributed by atoms with E-state index in [-0.39, 0.29) is 0 Å². The Morgan fingerprint density at radius 2 is 2.07 bits per heavy atom. The van der Waals surface area contributed by atoms with Gasteiger partial charge in [0.1, 0.15) is 5.82 Å². The number of anilines is 1. The Balaban J connectivity index is 2.08. The molecular formula is C11H11N3O. The average Bonchev–Trinajstić information content (AvgIpc) is 2.31. The zero-order valence-electron chi connectivity index (χ0n) is 8.04. The summed E-state index contributed by atoms with van der Waals surface area (Å²) in [6.07, 6.45) is 4.16. The minimum Gasteiger partial charge on any atom is -0.369 e. The summed E-state index contributed by atoms with van der Waals surface area (Å²) in [6.45, 7) is 0. The summed E-state index contributed by atoms with van der Waals surface area (Å²) < 4.78 is 0. The number of hydrogen-bond acceptors (Lipinski definition) is 4. The maximum atomic E-state index is 9.78. The van der Waals surface area contributed by atoms with Crippen molar-refractivity contribution >= 4 is 5.82 Å². The number of aliphatic hydroxyl groups is 1. The van der Waals surface area contributed by atoms with E-state index in [0.29, 0.717) is 11.4 Å². The number of hydrogen-bond donors (Lipinski definition) is 2. The summed E-state index contributed by atoms with van der Waals surface area (Å²) in [5, 5.41) is 12.6. The molecule has 0 fully saturated rings. The van der Waals surface area contributed by atoms with Crippen LogP contribution in [0.2, 0.25) is 0 Å². The number of pyridine rings is 2. The first-order valence-electron chi connectivity index (χ1n) is 4.62. The smallest absolute Gasteiger partial charge is 0.153 e. The van der Waals surface area contributed by atoms with Gasteiger partial charge in [0.15, 0.2) is 6.23 Å². The van der Waals surface area contributed by atoms with Crippen molar-refractivity contribution in [1.82, 2.24) is 9.97 Å². The van der Waals surface area contributed by atoms with Crippen molar-refractivity contribution in [2.45, 2.75) is 6.23 Å².